The first-order chi connectivity index (χ1) is 13.7. The standard InChI is InChI=1S/C25H19NO2/c27-25(28)23-17-16-22(18-24(23)19-10-4-1-5-11-19)26(20-12-6-2-7-13-20)21-14-8-3-9-15-21/h1-18H,(H,27,28). The first-order valence-electron chi connectivity index (χ1n) is 9.07. The molecular weight excluding hydrogens is 346 g/mol. The molecule has 0 atom stereocenters. The molecule has 0 unspecified atom stereocenters. The zero-order valence-electron chi connectivity index (χ0n) is 15.2. The van der Waals surface area contributed by atoms with Gasteiger partial charge in [0.05, 0.1) is 5.56 Å². The molecule has 28 heavy (non-hydrogen) atoms. The number of carbonyl (C=O) groups is 1. The van der Waals surface area contributed by atoms with E-state index in [9.17, 15) is 9.90 Å². The van der Waals surface area contributed by atoms with Crippen molar-refractivity contribution in [3.63, 3.8) is 0 Å². The number of para-hydroxylation sites is 2. The zero-order valence-corrected chi connectivity index (χ0v) is 15.2. The number of hydrogen-bond acceptors (Lipinski definition) is 2. The van der Waals surface area contributed by atoms with E-state index >= 15 is 0 Å². The van der Waals surface area contributed by atoms with Crippen LogP contribution in [0.4, 0.5) is 17.1 Å². The van der Waals surface area contributed by atoms with E-state index in [-0.39, 0.29) is 5.56 Å². The molecule has 4 aromatic rings. The molecule has 3 nitrogen and oxygen atoms in total. The van der Waals surface area contributed by atoms with Crippen LogP contribution in [0.1, 0.15) is 10.4 Å². The maximum Gasteiger partial charge on any atom is 0.336 e. The molecule has 0 aliphatic rings. The number of anilines is 3. The summed E-state index contributed by atoms with van der Waals surface area (Å²) in [5.74, 6) is -0.934. The number of rotatable bonds is 5. The van der Waals surface area contributed by atoms with Crippen LogP contribution >= 0.6 is 0 Å². The minimum Gasteiger partial charge on any atom is -0.478 e. The number of carboxylic acids is 1. The Morgan fingerprint density at radius 3 is 1.61 bits per heavy atom. The van der Waals surface area contributed by atoms with Gasteiger partial charge < -0.3 is 10.0 Å². The molecule has 0 amide bonds. The van der Waals surface area contributed by atoms with Gasteiger partial charge >= 0.3 is 5.97 Å². The average molecular weight is 365 g/mol. The highest BCUT2D eigenvalue weighted by Gasteiger charge is 2.17. The summed E-state index contributed by atoms with van der Waals surface area (Å²) in [4.78, 5) is 13.9. The Morgan fingerprint density at radius 1 is 0.607 bits per heavy atom. The summed E-state index contributed by atoms with van der Waals surface area (Å²) in [6, 6.07) is 35.2. The minimum atomic E-state index is -0.934. The first kappa shape index (κ1) is 17.6. The minimum absolute atomic E-state index is 0.288. The van der Waals surface area contributed by atoms with Gasteiger partial charge in [-0.3, -0.25) is 0 Å². The van der Waals surface area contributed by atoms with Crippen molar-refractivity contribution in [2.24, 2.45) is 0 Å². The van der Waals surface area contributed by atoms with Gasteiger partial charge in [-0.15, -0.1) is 0 Å². The van der Waals surface area contributed by atoms with Crippen molar-refractivity contribution in [3.8, 4) is 11.1 Å². The van der Waals surface area contributed by atoms with Gasteiger partial charge in [-0.05, 0) is 53.6 Å². The third-order valence-electron chi connectivity index (χ3n) is 4.61. The molecule has 0 aliphatic carbocycles. The first-order valence-corrected chi connectivity index (χ1v) is 9.07. The Morgan fingerprint density at radius 2 is 1.11 bits per heavy atom. The summed E-state index contributed by atoms with van der Waals surface area (Å²) in [6.07, 6.45) is 0. The molecule has 0 aromatic heterocycles. The molecule has 0 saturated heterocycles. The van der Waals surface area contributed by atoms with E-state index in [0.29, 0.717) is 5.56 Å². The van der Waals surface area contributed by atoms with Crippen LogP contribution in [0, 0.1) is 0 Å². The highest BCUT2D eigenvalue weighted by atomic mass is 16.4. The third-order valence-corrected chi connectivity index (χ3v) is 4.61. The zero-order chi connectivity index (χ0) is 19.3. The van der Waals surface area contributed by atoms with Crippen LogP contribution in [-0.2, 0) is 0 Å². The lowest BCUT2D eigenvalue weighted by molar-refractivity contribution is 0.0698. The molecule has 0 fully saturated rings. The van der Waals surface area contributed by atoms with Crippen LogP contribution in [0.3, 0.4) is 0 Å². The van der Waals surface area contributed by atoms with Crippen LogP contribution in [0.25, 0.3) is 11.1 Å². The second-order valence-corrected chi connectivity index (χ2v) is 6.41. The van der Waals surface area contributed by atoms with Gasteiger partial charge in [0.2, 0.25) is 0 Å². The van der Waals surface area contributed by atoms with Crippen LogP contribution < -0.4 is 4.90 Å². The summed E-state index contributed by atoms with van der Waals surface area (Å²) >= 11 is 0. The lowest BCUT2D eigenvalue weighted by Gasteiger charge is -2.26. The summed E-state index contributed by atoms with van der Waals surface area (Å²) < 4.78 is 0. The van der Waals surface area contributed by atoms with Crippen molar-refractivity contribution < 1.29 is 9.90 Å². The fourth-order valence-electron chi connectivity index (χ4n) is 3.32. The molecule has 0 saturated carbocycles. The van der Waals surface area contributed by atoms with Gasteiger partial charge in [0, 0.05) is 17.1 Å². The SMILES string of the molecule is O=C(O)c1ccc(N(c2ccccc2)c2ccccc2)cc1-c1ccccc1. The normalized spacial score (nSPS) is 10.4. The van der Waals surface area contributed by atoms with Gasteiger partial charge in [-0.25, -0.2) is 4.79 Å². The van der Waals surface area contributed by atoms with Crippen molar-refractivity contribution in [1.29, 1.82) is 0 Å². The Labute approximate surface area is 164 Å². The van der Waals surface area contributed by atoms with Crippen LogP contribution in [-0.4, -0.2) is 11.1 Å². The Balaban J connectivity index is 1.91. The Bertz CT molecular complexity index is 1040. The van der Waals surface area contributed by atoms with Crippen LogP contribution in [0.15, 0.2) is 109 Å². The third kappa shape index (κ3) is 3.51. The number of benzene rings is 4. The van der Waals surface area contributed by atoms with Gasteiger partial charge in [0.1, 0.15) is 0 Å². The summed E-state index contributed by atoms with van der Waals surface area (Å²) in [7, 11) is 0. The van der Waals surface area contributed by atoms with E-state index in [4.69, 9.17) is 0 Å². The molecule has 0 heterocycles. The van der Waals surface area contributed by atoms with E-state index in [2.05, 4.69) is 4.90 Å². The van der Waals surface area contributed by atoms with Crippen molar-refractivity contribution in [3.05, 3.63) is 115 Å². The predicted molar refractivity (Wildman–Crippen MR) is 114 cm³/mol. The number of carboxylic acid groups (broad SMARTS) is 1. The highest BCUT2D eigenvalue weighted by Crippen LogP contribution is 2.37. The second-order valence-electron chi connectivity index (χ2n) is 6.41. The predicted octanol–water partition coefficient (Wildman–Crippen LogP) is 6.52. The van der Waals surface area contributed by atoms with Crippen molar-refractivity contribution in [1.82, 2.24) is 0 Å². The number of aromatic carboxylic acids is 1. The summed E-state index contributed by atoms with van der Waals surface area (Å²) in [5, 5.41) is 9.68. The van der Waals surface area contributed by atoms with E-state index in [1.807, 2.05) is 103 Å². The maximum absolute atomic E-state index is 11.8. The fraction of sp³-hybridized carbons (Fsp3) is 0. The quantitative estimate of drug-likeness (QED) is 0.437. The molecule has 0 aliphatic heterocycles. The molecule has 3 heteroatoms. The molecule has 4 aromatic carbocycles. The summed E-state index contributed by atoms with van der Waals surface area (Å²) in [6.45, 7) is 0. The molecule has 1 N–H and O–H groups in total. The Kier molecular flexibility index (Phi) is 4.89. The van der Waals surface area contributed by atoms with Crippen LogP contribution in [0.5, 0.6) is 0 Å². The molecule has 0 spiro atoms. The number of hydrogen-bond donors (Lipinski definition) is 1. The van der Waals surface area contributed by atoms with E-state index in [1.165, 1.54) is 0 Å². The van der Waals surface area contributed by atoms with Gasteiger partial charge in [0.15, 0.2) is 0 Å². The van der Waals surface area contributed by atoms with Gasteiger partial charge in [-0.2, -0.15) is 0 Å². The largest absolute Gasteiger partial charge is 0.478 e. The fourth-order valence-corrected chi connectivity index (χ4v) is 3.32. The second kappa shape index (κ2) is 7.80. The van der Waals surface area contributed by atoms with Gasteiger partial charge in [-0.1, -0.05) is 66.7 Å². The molecule has 0 radical (unpaired) electrons. The topological polar surface area (TPSA) is 40.5 Å². The average Bonchev–Trinajstić information content (AvgIpc) is 2.76. The van der Waals surface area contributed by atoms with E-state index < -0.39 is 5.97 Å². The van der Waals surface area contributed by atoms with Crippen molar-refractivity contribution in [2.45, 2.75) is 0 Å². The van der Waals surface area contributed by atoms with Crippen molar-refractivity contribution >= 4 is 23.0 Å². The van der Waals surface area contributed by atoms with Crippen molar-refractivity contribution in [2.75, 3.05) is 4.90 Å². The lowest BCUT2D eigenvalue weighted by atomic mass is 9.98. The molecule has 0 bridgehead atoms. The monoisotopic (exact) mass is 365 g/mol. The lowest BCUT2D eigenvalue weighted by Crippen LogP contribution is -2.11. The maximum atomic E-state index is 11.8. The molecule has 4 rings (SSSR count). The highest BCUT2D eigenvalue weighted by molar-refractivity contribution is 5.97. The Hall–Kier alpha value is -3.85. The van der Waals surface area contributed by atoms with E-state index in [0.717, 1.165) is 22.6 Å². The molecule has 136 valence electrons. The number of nitrogens with zero attached hydrogens (tertiary/aromatic N) is 1. The smallest absolute Gasteiger partial charge is 0.336 e. The van der Waals surface area contributed by atoms with Crippen LogP contribution in [0.2, 0.25) is 0 Å². The summed E-state index contributed by atoms with van der Waals surface area (Å²) in [5.41, 5.74) is 4.79. The molecular formula is C25H19NO2. The van der Waals surface area contributed by atoms with Gasteiger partial charge in [0.25, 0.3) is 0 Å². The van der Waals surface area contributed by atoms with E-state index in [1.54, 1.807) is 6.07 Å².